The normalized spacial score (nSPS) is 12.3. The Labute approximate surface area is 161 Å². The largest absolute Gasteiger partial charge is 0.495 e. The Morgan fingerprint density at radius 2 is 1.78 bits per heavy atom. The lowest BCUT2D eigenvalue weighted by molar-refractivity contribution is -0.123. The van der Waals surface area contributed by atoms with Gasteiger partial charge in [-0.25, -0.2) is 0 Å². The third kappa shape index (κ3) is 4.62. The molecule has 7 nitrogen and oxygen atoms in total. The SMILES string of the molecule is COc1cc(Cl)c(C)cc1NC(=O)CC(=O)Nc1ccc2c(c1)OCCO2. The van der Waals surface area contributed by atoms with E-state index < -0.39 is 11.8 Å². The Hall–Kier alpha value is -2.93. The molecule has 2 N–H and O–H groups in total. The molecule has 0 bridgehead atoms. The van der Waals surface area contributed by atoms with E-state index in [1.165, 1.54) is 7.11 Å². The Kier molecular flexibility index (Phi) is 5.71. The summed E-state index contributed by atoms with van der Waals surface area (Å²) in [5, 5.41) is 5.87. The van der Waals surface area contributed by atoms with Crippen molar-refractivity contribution in [2.45, 2.75) is 13.3 Å². The van der Waals surface area contributed by atoms with Gasteiger partial charge in [0.1, 0.15) is 25.4 Å². The van der Waals surface area contributed by atoms with E-state index in [1.807, 2.05) is 6.92 Å². The lowest BCUT2D eigenvalue weighted by Gasteiger charge is -2.19. The van der Waals surface area contributed by atoms with Gasteiger partial charge in [0, 0.05) is 22.8 Å². The average molecular weight is 391 g/mol. The quantitative estimate of drug-likeness (QED) is 0.764. The van der Waals surface area contributed by atoms with Crippen molar-refractivity contribution < 1.29 is 23.8 Å². The van der Waals surface area contributed by atoms with Crippen molar-refractivity contribution in [1.29, 1.82) is 0 Å². The zero-order valence-corrected chi connectivity index (χ0v) is 15.7. The van der Waals surface area contributed by atoms with Crippen LogP contribution >= 0.6 is 11.6 Å². The van der Waals surface area contributed by atoms with Crippen LogP contribution in [0.1, 0.15) is 12.0 Å². The number of halogens is 1. The molecule has 0 saturated carbocycles. The van der Waals surface area contributed by atoms with E-state index >= 15 is 0 Å². The Morgan fingerprint density at radius 3 is 2.52 bits per heavy atom. The number of methoxy groups -OCH3 is 1. The second-order valence-electron chi connectivity index (χ2n) is 5.93. The number of rotatable bonds is 5. The summed E-state index contributed by atoms with van der Waals surface area (Å²) < 4.78 is 16.1. The van der Waals surface area contributed by atoms with Crippen molar-refractivity contribution in [3.8, 4) is 17.2 Å². The van der Waals surface area contributed by atoms with Crippen molar-refractivity contribution in [3.63, 3.8) is 0 Å². The molecule has 3 rings (SSSR count). The van der Waals surface area contributed by atoms with Gasteiger partial charge in [-0.1, -0.05) is 11.6 Å². The average Bonchev–Trinajstić information content (AvgIpc) is 2.64. The molecular weight excluding hydrogens is 372 g/mol. The minimum Gasteiger partial charge on any atom is -0.495 e. The number of hydrogen-bond acceptors (Lipinski definition) is 5. The molecular formula is C19H19ClN2O5. The molecule has 1 aliphatic heterocycles. The fraction of sp³-hybridized carbons (Fsp3) is 0.263. The number of carbonyl (C=O) groups excluding carboxylic acids is 2. The third-order valence-corrected chi connectivity index (χ3v) is 4.31. The molecule has 0 fully saturated rings. The first-order valence-corrected chi connectivity index (χ1v) is 8.67. The molecule has 0 unspecified atom stereocenters. The summed E-state index contributed by atoms with van der Waals surface area (Å²) in [6, 6.07) is 8.37. The van der Waals surface area contributed by atoms with Crippen LogP contribution in [-0.2, 0) is 9.59 Å². The number of anilines is 2. The van der Waals surface area contributed by atoms with E-state index in [0.717, 1.165) is 5.56 Å². The van der Waals surface area contributed by atoms with Gasteiger partial charge in [0.25, 0.3) is 0 Å². The topological polar surface area (TPSA) is 85.9 Å². The van der Waals surface area contributed by atoms with Crippen LogP contribution in [0.5, 0.6) is 17.2 Å². The van der Waals surface area contributed by atoms with Crippen LogP contribution in [-0.4, -0.2) is 32.1 Å². The summed E-state index contributed by atoms with van der Waals surface area (Å²) >= 11 is 6.05. The lowest BCUT2D eigenvalue weighted by atomic mass is 10.2. The molecule has 27 heavy (non-hydrogen) atoms. The smallest absolute Gasteiger partial charge is 0.233 e. The molecule has 1 aliphatic rings. The molecule has 0 spiro atoms. The highest BCUT2D eigenvalue weighted by Crippen LogP contribution is 2.33. The third-order valence-electron chi connectivity index (χ3n) is 3.90. The summed E-state index contributed by atoms with van der Waals surface area (Å²) in [5.74, 6) is 0.692. The van der Waals surface area contributed by atoms with Crippen molar-refractivity contribution >= 4 is 34.8 Å². The Balaban J connectivity index is 1.61. The first-order chi connectivity index (χ1) is 13.0. The molecule has 142 valence electrons. The minimum atomic E-state index is -0.468. The van der Waals surface area contributed by atoms with Gasteiger partial charge < -0.3 is 24.8 Å². The van der Waals surface area contributed by atoms with Crippen LogP contribution in [0.2, 0.25) is 5.02 Å². The maximum Gasteiger partial charge on any atom is 0.233 e. The standard InChI is InChI=1S/C19H19ClN2O5/c1-11-7-14(16(25-2)9-13(11)20)22-19(24)10-18(23)21-12-3-4-15-17(8-12)27-6-5-26-15/h3-4,7-9H,5-6,10H2,1-2H3,(H,21,23)(H,22,24). The van der Waals surface area contributed by atoms with Crippen LogP contribution in [0.3, 0.4) is 0 Å². The van der Waals surface area contributed by atoms with Crippen molar-refractivity contribution in [3.05, 3.63) is 40.9 Å². The number of hydrogen-bond donors (Lipinski definition) is 2. The fourth-order valence-electron chi connectivity index (χ4n) is 2.60. The highest BCUT2D eigenvalue weighted by atomic mass is 35.5. The van der Waals surface area contributed by atoms with E-state index in [0.29, 0.717) is 46.9 Å². The maximum atomic E-state index is 12.2. The van der Waals surface area contributed by atoms with Gasteiger partial charge in [0.05, 0.1) is 12.8 Å². The van der Waals surface area contributed by atoms with Crippen LogP contribution in [0, 0.1) is 6.92 Å². The van der Waals surface area contributed by atoms with E-state index in [4.69, 9.17) is 25.8 Å². The van der Waals surface area contributed by atoms with Crippen molar-refractivity contribution in [2.24, 2.45) is 0 Å². The minimum absolute atomic E-state index is 0.348. The summed E-state index contributed by atoms with van der Waals surface area (Å²) in [6.07, 6.45) is -0.348. The van der Waals surface area contributed by atoms with Crippen LogP contribution < -0.4 is 24.8 Å². The predicted octanol–water partition coefficient (Wildman–Crippen LogP) is 3.40. The van der Waals surface area contributed by atoms with Crippen molar-refractivity contribution in [2.75, 3.05) is 31.0 Å². The first-order valence-electron chi connectivity index (χ1n) is 8.30. The highest BCUT2D eigenvalue weighted by Gasteiger charge is 2.16. The van der Waals surface area contributed by atoms with Gasteiger partial charge in [0.2, 0.25) is 11.8 Å². The van der Waals surface area contributed by atoms with Gasteiger partial charge in [-0.15, -0.1) is 0 Å². The molecule has 0 saturated heterocycles. The summed E-state index contributed by atoms with van der Waals surface area (Å²) in [4.78, 5) is 24.4. The molecule has 8 heteroatoms. The molecule has 2 amide bonds. The molecule has 0 radical (unpaired) electrons. The molecule has 2 aromatic carbocycles. The summed E-state index contributed by atoms with van der Waals surface area (Å²) in [6.45, 7) is 2.76. The summed E-state index contributed by atoms with van der Waals surface area (Å²) in [5.41, 5.74) is 1.77. The van der Waals surface area contributed by atoms with Gasteiger partial charge in [0.15, 0.2) is 11.5 Å². The number of aryl methyl sites for hydroxylation is 1. The number of nitrogens with one attached hydrogen (secondary N) is 2. The van der Waals surface area contributed by atoms with E-state index in [9.17, 15) is 9.59 Å². The first kappa shape index (κ1) is 18.8. The lowest BCUT2D eigenvalue weighted by Crippen LogP contribution is -2.22. The summed E-state index contributed by atoms with van der Waals surface area (Å²) in [7, 11) is 1.48. The second kappa shape index (κ2) is 8.18. The Bertz CT molecular complexity index is 885. The number of benzene rings is 2. The zero-order valence-electron chi connectivity index (χ0n) is 14.9. The van der Waals surface area contributed by atoms with Gasteiger partial charge >= 0.3 is 0 Å². The van der Waals surface area contributed by atoms with E-state index in [-0.39, 0.29) is 6.42 Å². The van der Waals surface area contributed by atoms with Gasteiger partial charge in [-0.05, 0) is 30.7 Å². The monoisotopic (exact) mass is 390 g/mol. The van der Waals surface area contributed by atoms with Crippen LogP contribution in [0.15, 0.2) is 30.3 Å². The number of carbonyl (C=O) groups is 2. The van der Waals surface area contributed by atoms with Gasteiger partial charge in [-0.2, -0.15) is 0 Å². The van der Waals surface area contributed by atoms with Crippen molar-refractivity contribution in [1.82, 2.24) is 0 Å². The molecule has 0 atom stereocenters. The number of ether oxygens (including phenoxy) is 3. The highest BCUT2D eigenvalue weighted by molar-refractivity contribution is 6.31. The molecule has 0 aliphatic carbocycles. The number of amides is 2. The molecule has 1 heterocycles. The fourth-order valence-corrected chi connectivity index (χ4v) is 2.75. The van der Waals surface area contributed by atoms with E-state index in [2.05, 4.69) is 10.6 Å². The van der Waals surface area contributed by atoms with E-state index in [1.54, 1.807) is 30.3 Å². The zero-order chi connectivity index (χ0) is 19.4. The predicted molar refractivity (Wildman–Crippen MR) is 102 cm³/mol. The number of fused-ring (bicyclic) bond motifs is 1. The van der Waals surface area contributed by atoms with Crippen LogP contribution in [0.25, 0.3) is 0 Å². The van der Waals surface area contributed by atoms with Crippen LogP contribution in [0.4, 0.5) is 11.4 Å². The molecule has 2 aromatic rings. The Morgan fingerprint density at radius 1 is 1.07 bits per heavy atom. The second-order valence-corrected chi connectivity index (χ2v) is 6.34. The van der Waals surface area contributed by atoms with Gasteiger partial charge in [-0.3, -0.25) is 9.59 Å². The maximum absolute atomic E-state index is 12.2. The molecule has 0 aromatic heterocycles.